The highest BCUT2D eigenvalue weighted by Gasteiger charge is 2.53. The summed E-state index contributed by atoms with van der Waals surface area (Å²) in [4.78, 5) is 39.0. The Morgan fingerprint density at radius 3 is 2.36 bits per heavy atom. The van der Waals surface area contributed by atoms with Crippen molar-refractivity contribution in [3.63, 3.8) is 0 Å². The first kappa shape index (κ1) is 17.9. The first-order valence-corrected chi connectivity index (χ1v) is 10.7. The highest BCUT2D eigenvalue weighted by atomic mass is 16.2. The van der Waals surface area contributed by atoms with Crippen molar-refractivity contribution in [2.75, 3.05) is 6.54 Å². The molecule has 5 aliphatic rings. The molecule has 148 valence electrons. The number of carbonyl (C=O) groups is 3. The maximum Gasteiger partial charge on any atom is 0.261 e. The minimum absolute atomic E-state index is 0.0932. The standard InChI is InChI=1S/C23H28N2O3/c1-14(23-10-15-6-16(11-23)8-17(7-15)12-23)24-20(26)13-25-21(27)9-18-4-2-3-5-19(18)22(25)28/h2-5,14-17H,6-13H2,1H3,(H,24,26)/t14-,15?,16?,17?,23?/m0/s1. The number of hydrogen-bond acceptors (Lipinski definition) is 3. The third-order valence-corrected chi connectivity index (χ3v) is 7.82. The van der Waals surface area contributed by atoms with Crippen LogP contribution in [0.1, 0.15) is 61.4 Å². The maximum atomic E-state index is 12.8. The van der Waals surface area contributed by atoms with E-state index < -0.39 is 0 Å². The van der Waals surface area contributed by atoms with Crippen molar-refractivity contribution >= 4 is 17.7 Å². The molecule has 0 unspecified atom stereocenters. The van der Waals surface area contributed by atoms with Crippen LogP contribution >= 0.6 is 0 Å². The van der Waals surface area contributed by atoms with Crippen molar-refractivity contribution in [3.05, 3.63) is 35.4 Å². The van der Waals surface area contributed by atoms with Crippen LogP contribution in [0.3, 0.4) is 0 Å². The predicted molar refractivity (Wildman–Crippen MR) is 104 cm³/mol. The summed E-state index contributed by atoms with van der Waals surface area (Å²) in [5, 5.41) is 3.16. The first-order chi connectivity index (χ1) is 13.4. The van der Waals surface area contributed by atoms with E-state index in [-0.39, 0.29) is 42.1 Å². The van der Waals surface area contributed by atoms with Crippen LogP contribution < -0.4 is 5.32 Å². The minimum atomic E-state index is -0.357. The molecule has 3 amide bonds. The number of hydrogen-bond donors (Lipinski definition) is 1. The number of nitrogens with zero attached hydrogens (tertiary/aromatic N) is 1. The Balaban J connectivity index is 1.27. The van der Waals surface area contributed by atoms with Crippen molar-refractivity contribution in [1.29, 1.82) is 0 Å². The van der Waals surface area contributed by atoms with E-state index >= 15 is 0 Å². The van der Waals surface area contributed by atoms with Crippen molar-refractivity contribution in [1.82, 2.24) is 10.2 Å². The fourth-order valence-corrected chi connectivity index (χ4v) is 6.85. The normalized spacial score (nSPS) is 34.3. The van der Waals surface area contributed by atoms with E-state index in [0.29, 0.717) is 5.56 Å². The average Bonchev–Trinajstić information content (AvgIpc) is 2.64. The summed E-state index contributed by atoms with van der Waals surface area (Å²) in [6.07, 6.45) is 7.95. The van der Waals surface area contributed by atoms with E-state index in [9.17, 15) is 14.4 Å². The number of fused-ring (bicyclic) bond motifs is 1. The molecule has 4 saturated carbocycles. The zero-order valence-electron chi connectivity index (χ0n) is 16.4. The molecule has 1 aliphatic heterocycles. The van der Waals surface area contributed by atoms with Gasteiger partial charge in [0.05, 0.1) is 6.42 Å². The number of imide groups is 1. The van der Waals surface area contributed by atoms with Gasteiger partial charge in [-0.25, -0.2) is 0 Å². The Hall–Kier alpha value is -2.17. The summed E-state index contributed by atoms with van der Waals surface area (Å²) in [7, 11) is 0. The van der Waals surface area contributed by atoms with Crippen LogP contribution in [0.15, 0.2) is 24.3 Å². The van der Waals surface area contributed by atoms with Gasteiger partial charge in [0, 0.05) is 11.6 Å². The second kappa shape index (κ2) is 6.43. The molecule has 4 bridgehead atoms. The van der Waals surface area contributed by atoms with Crippen LogP contribution in [0, 0.1) is 23.2 Å². The smallest absolute Gasteiger partial charge is 0.261 e. The summed E-state index contributed by atoms with van der Waals surface area (Å²) < 4.78 is 0. The molecule has 0 radical (unpaired) electrons. The molecule has 5 heteroatoms. The molecular weight excluding hydrogens is 352 g/mol. The molecular formula is C23H28N2O3. The molecule has 0 saturated heterocycles. The Bertz CT molecular complexity index is 811. The van der Waals surface area contributed by atoms with Crippen LogP contribution in [0.25, 0.3) is 0 Å². The summed E-state index contributed by atoms with van der Waals surface area (Å²) >= 11 is 0. The SMILES string of the molecule is C[C@H](NC(=O)CN1C(=O)Cc2ccccc2C1=O)C12CC3CC(CC(C3)C1)C2. The molecule has 0 spiro atoms. The number of rotatable bonds is 4. The summed E-state index contributed by atoms with van der Waals surface area (Å²) in [5.41, 5.74) is 1.49. The van der Waals surface area contributed by atoms with Gasteiger partial charge in [-0.2, -0.15) is 0 Å². The van der Waals surface area contributed by atoms with Gasteiger partial charge < -0.3 is 5.32 Å². The van der Waals surface area contributed by atoms with E-state index in [4.69, 9.17) is 0 Å². The lowest BCUT2D eigenvalue weighted by atomic mass is 9.48. The van der Waals surface area contributed by atoms with Gasteiger partial charge in [0.25, 0.3) is 5.91 Å². The van der Waals surface area contributed by atoms with Gasteiger partial charge in [-0.15, -0.1) is 0 Å². The van der Waals surface area contributed by atoms with Crippen molar-refractivity contribution in [2.45, 2.75) is 57.9 Å². The quantitative estimate of drug-likeness (QED) is 0.817. The van der Waals surface area contributed by atoms with E-state index in [0.717, 1.165) is 28.2 Å². The third-order valence-electron chi connectivity index (χ3n) is 7.82. The van der Waals surface area contributed by atoms with E-state index in [2.05, 4.69) is 12.2 Å². The van der Waals surface area contributed by atoms with Crippen LogP contribution in [-0.4, -0.2) is 35.2 Å². The molecule has 1 N–H and O–H groups in total. The number of amides is 3. The van der Waals surface area contributed by atoms with Gasteiger partial charge in [-0.05, 0) is 80.2 Å². The largest absolute Gasteiger partial charge is 0.352 e. The molecule has 1 atom stereocenters. The molecule has 1 aromatic carbocycles. The Kier molecular flexibility index (Phi) is 4.11. The highest BCUT2D eigenvalue weighted by Crippen LogP contribution is 2.61. The third kappa shape index (κ3) is 2.87. The zero-order chi connectivity index (χ0) is 19.5. The highest BCUT2D eigenvalue weighted by molar-refractivity contribution is 6.11. The van der Waals surface area contributed by atoms with Crippen LogP contribution in [0.2, 0.25) is 0 Å². The lowest BCUT2D eigenvalue weighted by Gasteiger charge is -2.59. The Morgan fingerprint density at radius 2 is 1.71 bits per heavy atom. The molecule has 1 aromatic rings. The zero-order valence-corrected chi connectivity index (χ0v) is 16.4. The van der Waals surface area contributed by atoms with Crippen LogP contribution in [0.4, 0.5) is 0 Å². The summed E-state index contributed by atoms with van der Waals surface area (Å²) in [5.74, 6) is 1.61. The number of nitrogens with one attached hydrogen (secondary N) is 1. The number of carbonyl (C=O) groups excluding carboxylic acids is 3. The van der Waals surface area contributed by atoms with Gasteiger partial charge in [-0.3, -0.25) is 19.3 Å². The van der Waals surface area contributed by atoms with Gasteiger partial charge in [0.15, 0.2) is 0 Å². The van der Waals surface area contributed by atoms with Crippen molar-refractivity contribution < 1.29 is 14.4 Å². The van der Waals surface area contributed by atoms with E-state index in [1.54, 1.807) is 18.2 Å². The molecule has 6 rings (SSSR count). The monoisotopic (exact) mass is 380 g/mol. The molecule has 0 aromatic heterocycles. The Labute approximate surface area is 165 Å². The second-order valence-electron chi connectivity index (χ2n) is 9.69. The molecule has 28 heavy (non-hydrogen) atoms. The van der Waals surface area contributed by atoms with E-state index in [1.165, 1.54) is 38.5 Å². The number of benzene rings is 1. The van der Waals surface area contributed by atoms with Gasteiger partial charge in [0.1, 0.15) is 6.54 Å². The second-order valence-corrected chi connectivity index (χ2v) is 9.69. The molecule has 4 aliphatic carbocycles. The molecule has 5 nitrogen and oxygen atoms in total. The topological polar surface area (TPSA) is 66.5 Å². The lowest BCUT2D eigenvalue weighted by Crippen LogP contribution is -2.57. The van der Waals surface area contributed by atoms with Crippen molar-refractivity contribution in [3.8, 4) is 0 Å². The first-order valence-electron chi connectivity index (χ1n) is 10.7. The molecule has 1 heterocycles. The maximum absolute atomic E-state index is 12.8. The summed E-state index contributed by atoms with van der Waals surface area (Å²) in [6, 6.07) is 7.25. The molecule has 4 fully saturated rings. The van der Waals surface area contributed by atoms with Crippen LogP contribution in [-0.2, 0) is 16.0 Å². The van der Waals surface area contributed by atoms with Gasteiger partial charge in [0.2, 0.25) is 11.8 Å². The fourth-order valence-electron chi connectivity index (χ4n) is 6.85. The van der Waals surface area contributed by atoms with E-state index in [1.807, 2.05) is 6.07 Å². The lowest BCUT2D eigenvalue weighted by molar-refractivity contribution is -0.135. The van der Waals surface area contributed by atoms with Gasteiger partial charge >= 0.3 is 0 Å². The fraction of sp³-hybridized carbons (Fsp3) is 0.609. The van der Waals surface area contributed by atoms with Gasteiger partial charge in [-0.1, -0.05) is 18.2 Å². The predicted octanol–water partition coefficient (Wildman–Crippen LogP) is 2.93. The summed E-state index contributed by atoms with van der Waals surface area (Å²) in [6.45, 7) is 1.95. The van der Waals surface area contributed by atoms with Crippen molar-refractivity contribution in [2.24, 2.45) is 23.2 Å². The average molecular weight is 380 g/mol. The Morgan fingerprint density at radius 1 is 1.11 bits per heavy atom. The minimum Gasteiger partial charge on any atom is -0.352 e. The van der Waals surface area contributed by atoms with Crippen LogP contribution in [0.5, 0.6) is 0 Å².